The third kappa shape index (κ3) is 2.80. The Balaban J connectivity index is 1.05. The van der Waals surface area contributed by atoms with Crippen LogP contribution in [-0.4, -0.2) is 42.3 Å². The van der Waals surface area contributed by atoms with Crippen molar-refractivity contribution in [3.05, 3.63) is 64.6 Å². The van der Waals surface area contributed by atoms with Crippen molar-refractivity contribution in [2.75, 3.05) is 18.0 Å². The van der Waals surface area contributed by atoms with Gasteiger partial charge in [0.1, 0.15) is 12.9 Å². The van der Waals surface area contributed by atoms with Crippen LogP contribution in [0.2, 0.25) is 0 Å². The van der Waals surface area contributed by atoms with E-state index in [1.54, 1.807) is 17.9 Å². The van der Waals surface area contributed by atoms with Crippen molar-refractivity contribution in [2.45, 2.75) is 31.2 Å². The van der Waals surface area contributed by atoms with Crippen molar-refractivity contribution in [3.63, 3.8) is 0 Å². The lowest BCUT2D eigenvalue weighted by atomic mass is 10.1. The van der Waals surface area contributed by atoms with Crippen molar-refractivity contribution in [1.82, 2.24) is 29.2 Å². The van der Waals surface area contributed by atoms with Gasteiger partial charge in [0.25, 0.3) is 5.56 Å². The van der Waals surface area contributed by atoms with Gasteiger partial charge >= 0.3 is 0 Å². The minimum absolute atomic E-state index is 0.165. The fourth-order valence-electron chi connectivity index (χ4n) is 5.31. The van der Waals surface area contributed by atoms with E-state index in [1.165, 1.54) is 35.0 Å². The maximum Gasteiger partial charge on any atom is 0.280 e. The monoisotopic (exact) mass is 429 g/mol. The van der Waals surface area contributed by atoms with Crippen LogP contribution in [-0.2, 0) is 13.6 Å². The number of aryl methyl sites for hydroxylation is 1. The minimum atomic E-state index is -0.165. The average molecular weight is 429 g/mol. The summed E-state index contributed by atoms with van der Waals surface area (Å²) < 4.78 is 8.66. The van der Waals surface area contributed by atoms with Gasteiger partial charge in [0.15, 0.2) is 17.0 Å². The van der Waals surface area contributed by atoms with Crippen molar-refractivity contribution >= 4 is 16.9 Å². The van der Waals surface area contributed by atoms with Crippen LogP contribution in [0, 0.1) is 11.8 Å². The Morgan fingerprint density at radius 2 is 1.94 bits per heavy atom. The van der Waals surface area contributed by atoms with Crippen molar-refractivity contribution in [3.8, 4) is 0 Å². The summed E-state index contributed by atoms with van der Waals surface area (Å²) in [5.41, 5.74) is 3.57. The Kier molecular flexibility index (Phi) is 3.68. The van der Waals surface area contributed by atoms with Gasteiger partial charge in [-0.1, -0.05) is 17.3 Å². The largest absolute Gasteiger partial charge is 0.371 e. The molecule has 1 saturated heterocycles. The summed E-state index contributed by atoms with van der Waals surface area (Å²) in [6, 6.07) is 9.04. The van der Waals surface area contributed by atoms with E-state index < -0.39 is 0 Å². The van der Waals surface area contributed by atoms with Gasteiger partial charge in [0.05, 0.1) is 6.33 Å². The molecule has 2 saturated carbocycles. The number of anilines is 1. The number of benzene rings is 1. The summed E-state index contributed by atoms with van der Waals surface area (Å²) in [7, 11) is 1.78. The summed E-state index contributed by atoms with van der Waals surface area (Å²) in [4.78, 5) is 28.2. The molecular weight excluding hydrogens is 406 g/mol. The van der Waals surface area contributed by atoms with E-state index in [2.05, 4.69) is 49.3 Å². The molecule has 3 aromatic heterocycles. The van der Waals surface area contributed by atoms with Crippen LogP contribution >= 0.6 is 0 Å². The molecule has 0 amide bonds. The molecule has 4 aromatic rings. The number of nitrogens with zero attached hydrogens (tertiary/aromatic N) is 7. The number of rotatable bonds is 5. The molecule has 4 heterocycles. The second-order valence-corrected chi connectivity index (χ2v) is 9.38. The highest BCUT2D eigenvalue weighted by molar-refractivity contribution is 5.68. The highest BCUT2D eigenvalue weighted by atomic mass is 16.5. The van der Waals surface area contributed by atoms with Crippen molar-refractivity contribution in [1.29, 1.82) is 0 Å². The molecule has 0 N–H and O–H groups in total. The topological polar surface area (TPSA) is 94.9 Å². The van der Waals surface area contributed by atoms with Crippen molar-refractivity contribution in [2.24, 2.45) is 18.9 Å². The summed E-state index contributed by atoms with van der Waals surface area (Å²) in [6.07, 6.45) is 5.73. The third-order valence-corrected chi connectivity index (χ3v) is 7.27. The molecule has 3 atom stereocenters. The summed E-state index contributed by atoms with van der Waals surface area (Å²) in [5.74, 6) is 3.47. The zero-order valence-electron chi connectivity index (χ0n) is 17.8. The van der Waals surface area contributed by atoms with Gasteiger partial charge < -0.3 is 14.0 Å². The predicted octanol–water partition coefficient (Wildman–Crippen LogP) is 2.29. The first-order chi connectivity index (χ1) is 15.7. The molecule has 1 aliphatic heterocycles. The molecule has 7 rings (SSSR count). The molecule has 3 aliphatic rings. The van der Waals surface area contributed by atoms with Crippen molar-refractivity contribution < 1.29 is 4.52 Å². The molecule has 3 fully saturated rings. The second-order valence-electron chi connectivity index (χ2n) is 9.38. The quantitative estimate of drug-likeness (QED) is 0.480. The normalized spacial score (nSPS) is 24.3. The standard InChI is InChI=1S/C23H23N7O2/c1-28-11-24-22-20(28)23(31)30(12-25-22)10-18-26-21(27-32-18)19-16-8-29(9-17(16)19)15-4-2-3-14(7-15)13-5-6-13/h2-4,7,11-13,16-17,19H,5-6,8-10H2,1H3/t16-,17+,19?. The molecule has 2 aliphatic carbocycles. The Morgan fingerprint density at radius 1 is 1.12 bits per heavy atom. The summed E-state index contributed by atoms with van der Waals surface area (Å²) in [5, 5.41) is 4.24. The first kappa shape index (κ1) is 18.1. The van der Waals surface area contributed by atoms with Gasteiger partial charge in [-0.3, -0.25) is 9.36 Å². The van der Waals surface area contributed by atoms with E-state index in [0.29, 0.717) is 34.8 Å². The summed E-state index contributed by atoms with van der Waals surface area (Å²) >= 11 is 0. The fourth-order valence-corrected chi connectivity index (χ4v) is 5.31. The first-order valence-electron chi connectivity index (χ1n) is 11.2. The Morgan fingerprint density at radius 3 is 2.75 bits per heavy atom. The molecule has 0 bridgehead atoms. The molecule has 32 heavy (non-hydrogen) atoms. The van der Waals surface area contributed by atoms with Gasteiger partial charge in [0, 0.05) is 31.7 Å². The van der Waals surface area contributed by atoms with E-state index >= 15 is 0 Å². The smallest absolute Gasteiger partial charge is 0.280 e. The number of imidazole rings is 1. The lowest BCUT2D eigenvalue weighted by molar-refractivity contribution is 0.363. The molecule has 162 valence electrons. The SMILES string of the molecule is Cn1cnc2ncn(Cc3nc(C4[C@H]5CN(c6cccc(C7CC7)c6)C[C@@H]45)no3)c(=O)c21. The van der Waals surface area contributed by atoms with Crippen LogP contribution < -0.4 is 10.5 Å². The van der Waals surface area contributed by atoms with Crippen LogP contribution in [0.3, 0.4) is 0 Å². The van der Waals surface area contributed by atoms with Gasteiger partial charge in [-0.25, -0.2) is 9.97 Å². The average Bonchev–Trinajstić information content (AvgIpc) is 3.61. The predicted molar refractivity (Wildman–Crippen MR) is 117 cm³/mol. The van der Waals surface area contributed by atoms with E-state index in [4.69, 9.17) is 4.52 Å². The van der Waals surface area contributed by atoms with Crippen LogP contribution in [0.25, 0.3) is 11.2 Å². The number of fused-ring (bicyclic) bond motifs is 2. The molecule has 1 aromatic carbocycles. The maximum atomic E-state index is 12.7. The number of hydrogen-bond acceptors (Lipinski definition) is 7. The zero-order chi connectivity index (χ0) is 21.4. The Labute approximate surface area is 183 Å². The third-order valence-electron chi connectivity index (χ3n) is 7.27. The highest BCUT2D eigenvalue weighted by Gasteiger charge is 2.58. The molecule has 0 spiro atoms. The van der Waals surface area contributed by atoms with Gasteiger partial charge in [-0.05, 0) is 48.3 Å². The lowest BCUT2D eigenvalue weighted by Crippen LogP contribution is -2.24. The van der Waals surface area contributed by atoms with Gasteiger partial charge in [-0.15, -0.1) is 0 Å². The van der Waals surface area contributed by atoms with Crippen LogP contribution in [0.5, 0.6) is 0 Å². The maximum absolute atomic E-state index is 12.7. The molecule has 9 nitrogen and oxygen atoms in total. The first-order valence-corrected chi connectivity index (χ1v) is 11.2. The van der Waals surface area contributed by atoms with Gasteiger partial charge in [0.2, 0.25) is 5.89 Å². The lowest BCUT2D eigenvalue weighted by Gasteiger charge is -2.22. The zero-order valence-corrected chi connectivity index (χ0v) is 17.8. The Hall–Kier alpha value is -3.49. The molecule has 0 radical (unpaired) electrons. The van der Waals surface area contributed by atoms with E-state index in [-0.39, 0.29) is 12.1 Å². The van der Waals surface area contributed by atoms with Crippen LogP contribution in [0.15, 0.2) is 46.2 Å². The number of aromatic nitrogens is 6. The molecule has 9 heteroatoms. The second kappa shape index (κ2) is 6.51. The van der Waals surface area contributed by atoms with Crippen LogP contribution in [0.1, 0.15) is 42.0 Å². The molecule has 1 unspecified atom stereocenters. The number of piperidine rings is 1. The molecular formula is C23H23N7O2. The Bertz CT molecular complexity index is 1390. The fraction of sp³-hybridized carbons (Fsp3) is 0.435. The van der Waals surface area contributed by atoms with Gasteiger partial charge in [-0.2, -0.15) is 4.98 Å². The van der Waals surface area contributed by atoms with E-state index in [9.17, 15) is 4.79 Å². The highest BCUT2D eigenvalue weighted by Crippen LogP contribution is 2.58. The minimum Gasteiger partial charge on any atom is -0.371 e. The summed E-state index contributed by atoms with van der Waals surface area (Å²) in [6.45, 7) is 2.28. The van der Waals surface area contributed by atoms with E-state index in [1.807, 2.05) is 0 Å². The number of hydrogen-bond donors (Lipinski definition) is 0. The van der Waals surface area contributed by atoms with Crippen LogP contribution in [0.4, 0.5) is 5.69 Å². The van der Waals surface area contributed by atoms with E-state index in [0.717, 1.165) is 24.8 Å².